The molecular formula is C13H20BrN3O. The zero-order valence-corrected chi connectivity index (χ0v) is 12.5. The molecule has 4 nitrogen and oxygen atoms in total. The van der Waals surface area contributed by atoms with Crippen molar-refractivity contribution < 1.29 is 4.79 Å². The van der Waals surface area contributed by atoms with E-state index in [0.717, 1.165) is 35.4 Å². The van der Waals surface area contributed by atoms with E-state index in [4.69, 9.17) is 5.73 Å². The third kappa shape index (κ3) is 4.31. The molecule has 1 aromatic rings. The predicted octanol–water partition coefficient (Wildman–Crippen LogP) is 1.87. The molecule has 0 aliphatic heterocycles. The van der Waals surface area contributed by atoms with Gasteiger partial charge in [0.25, 0.3) is 0 Å². The van der Waals surface area contributed by atoms with E-state index in [1.807, 2.05) is 24.0 Å². The molecule has 0 radical (unpaired) electrons. The van der Waals surface area contributed by atoms with Crippen LogP contribution >= 0.6 is 15.9 Å². The Kier molecular flexibility index (Phi) is 6.15. The molecule has 1 amide bonds. The summed E-state index contributed by atoms with van der Waals surface area (Å²) in [7, 11) is 0. The van der Waals surface area contributed by atoms with Gasteiger partial charge < -0.3 is 16.0 Å². The van der Waals surface area contributed by atoms with Crippen molar-refractivity contribution in [2.24, 2.45) is 5.73 Å². The molecular weight excluding hydrogens is 294 g/mol. The second-order valence-corrected chi connectivity index (χ2v) is 4.95. The highest BCUT2D eigenvalue weighted by Gasteiger charge is 2.12. The number of halogens is 1. The predicted molar refractivity (Wildman–Crippen MR) is 78.6 cm³/mol. The SMILES string of the molecule is CCNCc1cc(Br)ccc1N(CC)CC(N)=O. The van der Waals surface area contributed by atoms with Crippen molar-refractivity contribution in [3.8, 4) is 0 Å². The highest BCUT2D eigenvalue weighted by atomic mass is 79.9. The van der Waals surface area contributed by atoms with Crippen LogP contribution in [0.3, 0.4) is 0 Å². The summed E-state index contributed by atoms with van der Waals surface area (Å²) in [4.78, 5) is 13.1. The number of amides is 1. The second kappa shape index (κ2) is 7.38. The summed E-state index contributed by atoms with van der Waals surface area (Å²) < 4.78 is 1.04. The van der Waals surface area contributed by atoms with Crippen LogP contribution in [0.25, 0.3) is 0 Å². The third-order valence-electron chi connectivity index (χ3n) is 2.68. The maximum absolute atomic E-state index is 11.1. The standard InChI is InChI=1S/C13H20BrN3O/c1-3-16-8-10-7-11(14)5-6-12(10)17(4-2)9-13(15)18/h5-7,16H,3-4,8-9H2,1-2H3,(H2,15,18). The Hall–Kier alpha value is -1.07. The summed E-state index contributed by atoms with van der Waals surface area (Å²) in [6.45, 7) is 6.77. The third-order valence-corrected chi connectivity index (χ3v) is 3.17. The quantitative estimate of drug-likeness (QED) is 0.808. The van der Waals surface area contributed by atoms with Gasteiger partial charge >= 0.3 is 0 Å². The summed E-state index contributed by atoms with van der Waals surface area (Å²) in [6.07, 6.45) is 0. The van der Waals surface area contributed by atoms with Crippen LogP contribution in [0.5, 0.6) is 0 Å². The molecule has 1 aromatic carbocycles. The van der Waals surface area contributed by atoms with Gasteiger partial charge in [-0.05, 0) is 37.2 Å². The molecule has 0 bridgehead atoms. The van der Waals surface area contributed by atoms with Crippen molar-refractivity contribution in [3.63, 3.8) is 0 Å². The van der Waals surface area contributed by atoms with E-state index < -0.39 is 0 Å². The number of anilines is 1. The lowest BCUT2D eigenvalue weighted by Crippen LogP contribution is -2.34. The van der Waals surface area contributed by atoms with E-state index in [9.17, 15) is 4.79 Å². The lowest BCUT2D eigenvalue weighted by atomic mass is 10.1. The van der Waals surface area contributed by atoms with E-state index in [1.165, 1.54) is 0 Å². The number of nitrogens with two attached hydrogens (primary N) is 1. The number of nitrogens with one attached hydrogen (secondary N) is 1. The Morgan fingerprint density at radius 2 is 2.17 bits per heavy atom. The molecule has 0 aromatic heterocycles. The largest absolute Gasteiger partial charge is 0.368 e. The Bertz CT molecular complexity index is 409. The van der Waals surface area contributed by atoms with Crippen molar-refractivity contribution in [3.05, 3.63) is 28.2 Å². The summed E-state index contributed by atoms with van der Waals surface area (Å²) in [5, 5.41) is 3.30. The van der Waals surface area contributed by atoms with E-state index in [0.29, 0.717) is 0 Å². The number of hydrogen-bond donors (Lipinski definition) is 2. The lowest BCUT2D eigenvalue weighted by Gasteiger charge is -2.24. The van der Waals surface area contributed by atoms with Crippen molar-refractivity contribution in [1.82, 2.24) is 5.32 Å². The minimum absolute atomic E-state index is 0.247. The number of likely N-dealkylation sites (N-methyl/N-ethyl adjacent to an activating group) is 1. The van der Waals surface area contributed by atoms with Crippen molar-refractivity contribution in [2.75, 3.05) is 24.5 Å². The number of benzene rings is 1. The first-order valence-electron chi connectivity index (χ1n) is 6.10. The summed E-state index contributed by atoms with van der Waals surface area (Å²) in [5.41, 5.74) is 7.50. The summed E-state index contributed by atoms with van der Waals surface area (Å²) in [5.74, 6) is -0.311. The number of carbonyl (C=O) groups is 1. The minimum Gasteiger partial charge on any atom is -0.368 e. The molecule has 0 heterocycles. The lowest BCUT2D eigenvalue weighted by molar-refractivity contribution is -0.116. The monoisotopic (exact) mass is 313 g/mol. The number of nitrogens with zero attached hydrogens (tertiary/aromatic N) is 1. The van der Waals surface area contributed by atoms with Crippen molar-refractivity contribution in [1.29, 1.82) is 0 Å². The van der Waals surface area contributed by atoms with Crippen LogP contribution < -0.4 is 16.0 Å². The van der Waals surface area contributed by atoms with Crippen LogP contribution in [0.15, 0.2) is 22.7 Å². The van der Waals surface area contributed by atoms with Crippen LogP contribution in [0.2, 0.25) is 0 Å². The fraction of sp³-hybridized carbons (Fsp3) is 0.462. The summed E-state index contributed by atoms with van der Waals surface area (Å²) >= 11 is 3.47. The van der Waals surface area contributed by atoms with Crippen LogP contribution in [0.1, 0.15) is 19.4 Å². The maximum Gasteiger partial charge on any atom is 0.236 e. The molecule has 0 saturated carbocycles. The molecule has 0 atom stereocenters. The average Bonchev–Trinajstić information content (AvgIpc) is 2.33. The number of rotatable bonds is 7. The minimum atomic E-state index is -0.311. The molecule has 18 heavy (non-hydrogen) atoms. The molecule has 3 N–H and O–H groups in total. The van der Waals surface area contributed by atoms with Crippen LogP contribution in [0, 0.1) is 0 Å². The fourth-order valence-electron chi connectivity index (χ4n) is 1.82. The first kappa shape index (κ1) is 15.0. The highest BCUT2D eigenvalue weighted by molar-refractivity contribution is 9.10. The average molecular weight is 314 g/mol. The summed E-state index contributed by atoms with van der Waals surface area (Å²) in [6, 6.07) is 6.07. The van der Waals surface area contributed by atoms with Gasteiger partial charge in [-0.15, -0.1) is 0 Å². The van der Waals surface area contributed by atoms with E-state index >= 15 is 0 Å². The van der Waals surface area contributed by atoms with Crippen LogP contribution in [-0.2, 0) is 11.3 Å². The van der Waals surface area contributed by atoms with Gasteiger partial charge in [-0.3, -0.25) is 4.79 Å². The topological polar surface area (TPSA) is 58.4 Å². The first-order valence-corrected chi connectivity index (χ1v) is 6.90. The van der Waals surface area contributed by atoms with Gasteiger partial charge in [0.15, 0.2) is 0 Å². The van der Waals surface area contributed by atoms with E-state index in [2.05, 4.69) is 34.2 Å². The molecule has 100 valence electrons. The van der Waals surface area contributed by atoms with Crippen LogP contribution in [-0.4, -0.2) is 25.5 Å². The van der Waals surface area contributed by atoms with Crippen molar-refractivity contribution >= 4 is 27.5 Å². The van der Waals surface area contributed by atoms with Gasteiger partial charge in [-0.25, -0.2) is 0 Å². The highest BCUT2D eigenvalue weighted by Crippen LogP contribution is 2.24. The number of hydrogen-bond acceptors (Lipinski definition) is 3. The molecule has 0 aliphatic carbocycles. The van der Waals surface area contributed by atoms with Gasteiger partial charge in [0.05, 0.1) is 6.54 Å². The maximum atomic E-state index is 11.1. The molecule has 1 rings (SSSR count). The normalized spacial score (nSPS) is 10.4. The molecule has 5 heteroatoms. The number of carbonyl (C=O) groups excluding carboxylic acids is 1. The van der Waals surface area contributed by atoms with E-state index in [-0.39, 0.29) is 12.5 Å². The zero-order chi connectivity index (χ0) is 13.5. The Balaban J connectivity index is 2.99. The van der Waals surface area contributed by atoms with Gasteiger partial charge in [0.2, 0.25) is 5.91 Å². The van der Waals surface area contributed by atoms with Crippen molar-refractivity contribution in [2.45, 2.75) is 20.4 Å². The molecule has 0 aliphatic rings. The van der Waals surface area contributed by atoms with Gasteiger partial charge in [-0.1, -0.05) is 22.9 Å². The fourth-order valence-corrected chi connectivity index (χ4v) is 2.23. The Labute approximate surface area is 117 Å². The molecule has 0 unspecified atom stereocenters. The Morgan fingerprint density at radius 3 is 2.72 bits per heavy atom. The van der Waals surface area contributed by atoms with E-state index in [1.54, 1.807) is 0 Å². The first-order chi connectivity index (χ1) is 8.58. The second-order valence-electron chi connectivity index (χ2n) is 4.03. The number of primary amides is 1. The molecule has 0 saturated heterocycles. The van der Waals surface area contributed by atoms with Gasteiger partial charge in [0.1, 0.15) is 0 Å². The van der Waals surface area contributed by atoms with Gasteiger partial charge in [-0.2, -0.15) is 0 Å². The molecule has 0 fully saturated rings. The smallest absolute Gasteiger partial charge is 0.236 e. The molecule has 0 spiro atoms. The Morgan fingerprint density at radius 1 is 1.44 bits per heavy atom. The van der Waals surface area contributed by atoms with Crippen LogP contribution in [0.4, 0.5) is 5.69 Å². The van der Waals surface area contributed by atoms with Gasteiger partial charge in [0, 0.05) is 23.2 Å². The zero-order valence-electron chi connectivity index (χ0n) is 10.9.